The Morgan fingerprint density at radius 1 is 1.24 bits per heavy atom. The van der Waals surface area contributed by atoms with Crippen molar-refractivity contribution in [2.24, 2.45) is 21.8 Å². The molecule has 0 radical (unpaired) electrons. The predicted molar refractivity (Wildman–Crippen MR) is 120 cm³/mol. The lowest BCUT2D eigenvalue weighted by Gasteiger charge is -2.34. The first-order valence-corrected chi connectivity index (χ1v) is 11.2. The van der Waals surface area contributed by atoms with E-state index in [4.69, 9.17) is 16.8 Å². The van der Waals surface area contributed by atoms with Crippen molar-refractivity contribution in [2.45, 2.75) is 32.2 Å². The van der Waals surface area contributed by atoms with Gasteiger partial charge in [-0.1, -0.05) is 30.3 Å². The first-order valence-electron chi connectivity index (χ1n) is 9.76. The zero-order chi connectivity index (χ0) is 20.4. The van der Waals surface area contributed by atoms with E-state index in [1.54, 1.807) is 12.4 Å². The number of benzene rings is 1. The third kappa shape index (κ3) is 4.27. The predicted octanol–water partition coefficient (Wildman–Crippen LogP) is 4.18. The van der Waals surface area contributed by atoms with Crippen molar-refractivity contribution in [2.75, 3.05) is 6.54 Å². The van der Waals surface area contributed by atoms with Crippen LogP contribution in [-0.2, 0) is 6.54 Å². The summed E-state index contributed by atoms with van der Waals surface area (Å²) in [4.78, 5) is 22.1. The fourth-order valence-electron chi connectivity index (χ4n) is 4.27. The van der Waals surface area contributed by atoms with Crippen molar-refractivity contribution < 1.29 is 13.9 Å². The van der Waals surface area contributed by atoms with E-state index in [0.717, 1.165) is 46.5 Å². The summed E-state index contributed by atoms with van der Waals surface area (Å²) < 4.78 is 0.888. The van der Waals surface area contributed by atoms with E-state index in [1.807, 2.05) is 36.5 Å². The van der Waals surface area contributed by atoms with Gasteiger partial charge in [-0.25, -0.2) is 0 Å². The van der Waals surface area contributed by atoms with Gasteiger partial charge in [-0.15, -0.1) is 4.00 Å². The highest BCUT2D eigenvalue weighted by Crippen LogP contribution is 2.44. The second-order valence-corrected chi connectivity index (χ2v) is 9.21. The lowest BCUT2D eigenvalue weighted by Crippen LogP contribution is -2.43. The Labute approximate surface area is 189 Å². The normalized spacial score (nSPS) is 28.3. The third-order valence-electron chi connectivity index (χ3n) is 5.84. The van der Waals surface area contributed by atoms with Crippen molar-refractivity contribution in [3.8, 4) is 0 Å². The highest BCUT2D eigenvalue weighted by molar-refractivity contribution is 14.1. The second kappa shape index (κ2) is 8.57. The van der Waals surface area contributed by atoms with Crippen LogP contribution >= 0.6 is 34.4 Å². The van der Waals surface area contributed by atoms with Crippen LogP contribution in [0.1, 0.15) is 31.2 Å². The van der Waals surface area contributed by atoms with Crippen molar-refractivity contribution in [3.63, 3.8) is 0 Å². The van der Waals surface area contributed by atoms with Gasteiger partial charge in [0.2, 0.25) is 5.70 Å². The molecule has 0 bridgehead atoms. The third-order valence-corrected chi connectivity index (χ3v) is 7.58. The number of carbonyl (C=O) groups excluding carboxylic acids is 1. The number of aliphatic imine (C=N–C) groups is 2. The maximum absolute atomic E-state index is 11.6. The van der Waals surface area contributed by atoms with E-state index >= 15 is 0 Å². The molecule has 1 aromatic rings. The fourth-order valence-corrected chi connectivity index (χ4v) is 5.17. The highest BCUT2D eigenvalue weighted by atomic mass is 127. The molecule has 6 nitrogen and oxygen atoms in total. The van der Waals surface area contributed by atoms with Gasteiger partial charge in [-0.2, -0.15) is 4.99 Å². The van der Waals surface area contributed by atoms with Crippen LogP contribution in [0.4, 0.5) is 4.79 Å². The van der Waals surface area contributed by atoms with E-state index < -0.39 is 6.09 Å². The number of hydrogen-bond acceptors (Lipinski definition) is 4. The standard InChI is InChI=1S/C21H22ClIN4O2/c22-27-11-10-24-12-18(27)19(25-20(27)23)17-8-6-16(7-9-17)14-26(21(28)29)13-15-4-2-1-3-5-15/h1-5,10-12,16-17H,6-9,13-14H2. The van der Waals surface area contributed by atoms with Gasteiger partial charge in [0, 0.05) is 19.0 Å². The lowest BCUT2D eigenvalue weighted by atomic mass is 9.80. The minimum Gasteiger partial charge on any atom is -0.530 e. The molecule has 4 rings (SSSR count). The largest absolute Gasteiger partial charge is 0.530 e. The number of amides is 1. The molecule has 2 aliphatic heterocycles. The summed E-state index contributed by atoms with van der Waals surface area (Å²) in [6.07, 6.45) is 8.10. The Morgan fingerprint density at radius 3 is 2.66 bits per heavy atom. The van der Waals surface area contributed by atoms with Crippen molar-refractivity contribution in [1.29, 1.82) is 0 Å². The molecule has 3 aliphatic rings. The van der Waals surface area contributed by atoms with Crippen LogP contribution in [0.5, 0.6) is 0 Å². The van der Waals surface area contributed by atoms with E-state index in [0.29, 0.717) is 24.9 Å². The lowest BCUT2D eigenvalue weighted by molar-refractivity contribution is -0.594. The minimum atomic E-state index is -1.11. The summed E-state index contributed by atoms with van der Waals surface area (Å²) in [6, 6.07) is 9.66. The Hall–Kier alpha value is -1.71. The smallest absolute Gasteiger partial charge is 0.292 e. The molecular weight excluding hydrogens is 503 g/mol. The number of amidine groups is 1. The summed E-state index contributed by atoms with van der Waals surface area (Å²) in [5.41, 5.74) is 2.94. The molecule has 1 unspecified atom stereocenters. The number of allylic oxidation sites excluding steroid dienone is 2. The van der Waals surface area contributed by atoms with Gasteiger partial charge in [0.25, 0.3) is 3.84 Å². The Morgan fingerprint density at radius 2 is 1.97 bits per heavy atom. The summed E-state index contributed by atoms with van der Waals surface area (Å²) in [6.45, 7) is 0.881. The first-order chi connectivity index (χ1) is 14.0. The molecule has 2 heterocycles. The van der Waals surface area contributed by atoms with Gasteiger partial charge in [0.15, 0.2) is 11.8 Å². The van der Waals surface area contributed by atoms with E-state index in [1.165, 1.54) is 4.90 Å². The van der Waals surface area contributed by atoms with Crippen molar-refractivity contribution >= 4 is 50.5 Å². The number of halogens is 2. The molecule has 1 saturated carbocycles. The fraction of sp³-hybridized carbons (Fsp3) is 0.381. The zero-order valence-corrected chi connectivity index (χ0v) is 18.8. The Bertz CT molecular complexity index is 907. The zero-order valence-electron chi connectivity index (χ0n) is 15.9. The number of carbonyl (C=O) groups is 1. The van der Waals surface area contributed by atoms with E-state index in [-0.39, 0.29) is 4.00 Å². The maximum atomic E-state index is 11.6. The molecule has 29 heavy (non-hydrogen) atoms. The number of fused-ring (bicyclic) bond motifs is 1. The number of quaternary nitrogens is 1. The topological polar surface area (TPSA) is 68.1 Å². The SMILES string of the molecule is O=C([O-])N(Cc1ccccc1)CC1CCC(C2=C3C=NC=C[N+]3(Cl)C(I)=N2)CC1. The van der Waals surface area contributed by atoms with Crippen LogP contribution in [0.2, 0.25) is 0 Å². The van der Waals surface area contributed by atoms with Crippen LogP contribution in [-0.4, -0.2) is 31.6 Å². The molecule has 0 N–H and O–H groups in total. The molecule has 1 atom stereocenters. The molecule has 152 valence electrons. The summed E-state index contributed by atoms with van der Waals surface area (Å²) >= 11 is 8.92. The number of nitrogens with zero attached hydrogens (tertiary/aromatic N) is 4. The van der Waals surface area contributed by atoms with Gasteiger partial charge in [-0.3, -0.25) is 4.99 Å². The number of hydrogen-bond donors (Lipinski definition) is 0. The Kier molecular flexibility index (Phi) is 6.08. The molecule has 1 aromatic carbocycles. The molecule has 1 amide bonds. The molecule has 0 spiro atoms. The van der Waals surface area contributed by atoms with Crippen LogP contribution in [0.3, 0.4) is 0 Å². The van der Waals surface area contributed by atoms with Gasteiger partial charge in [0.05, 0.1) is 35.0 Å². The van der Waals surface area contributed by atoms with Crippen LogP contribution in [0.15, 0.2) is 64.1 Å². The van der Waals surface area contributed by atoms with Crippen LogP contribution < -0.4 is 5.11 Å². The molecule has 8 heteroatoms. The average molecular weight is 525 g/mol. The molecular formula is C21H22ClIN4O2. The van der Waals surface area contributed by atoms with Crippen LogP contribution in [0.25, 0.3) is 0 Å². The quantitative estimate of drug-likeness (QED) is 0.329. The molecule has 0 aromatic heterocycles. The summed E-state index contributed by atoms with van der Waals surface area (Å²) in [5.74, 6) is 0.659. The second-order valence-electron chi connectivity index (χ2n) is 7.71. The maximum Gasteiger partial charge on any atom is 0.292 e. The van der Waals surface area contributed by atoms with E-state index in [9.17, 15) is 9.90 Å². The first kappa shape index (κ1) is 20.6. The van der Waals surface area contributed by atoms with Gasteiger partial charge in [0.1, 0.15) is 18.0 Å². The number of rotatable bonds is 5. The van der Waals surface area contributed by atoms with Gasteiger partial charge in [-0.05, 0) is 37.2 Å². The average Bonchev–Trinajstić information content (AvgIpc) is 3.00. The van der Waals surface area contributed by atoms with E-state index in [2.05, 4.69) is 27.6 Å². The van der Waals surface area contributed by atoms with Crippen molar-refractivity contribution in [1.82, 2.24) is 4.90 Å². The molecule has 1 aliphatic carbocycles. The molecule has 1 fully saturated rings. The molecule has 0 saturated heterocycles. The van der Waals surface area contributed by atoms with Gasteiger partial charge < -0.3 is 14.8 Å². The number of carboxylic acid groups (broad SMARTS) is 1. The van der Waals surface area contributed by atoms with Crippen molar-refractivity contribution in [3.05, 3.63) is 59.7 Å². The minimum absolute atomic E-state index is 0.0782. The monoisotopic (exact) mass is 524 g/mol. The van der Waals surface area contributed by atoms with Gasteiger partial charge >= 0.3 is 0 Å². The Balaban J connectivity index is 1.39. The highest BCUT2D eigenvalue weighted by Gasteiger charge is 2.46. The van der Waals surface area contributed by atoms with Crippen LogP contribution in [0, 0.1) is 11.8 Å². The summed E-state index contributed by atoms with van der Waals surface area (Å²) in [7, 11) is 0. The summed E-state index contributed by atoms with van der Waals surface area (Å²) in [5, 5.41) is 11.6.